The fourth-order valence-electron chi connectivity index (χ4n) is 5.86. The topological polar surface area (TPSA) is 41.4 Å². The number of amides is 1. The van der Waals surface area contributed by atoms with Gasteiger partial charge in [0.05, 0.1) is 21.1 Å². The van der Waals surface area contributed by atoms with E-state index in [2.05, 4.69) is 47.6 Å². The molecule has 2 aliphatic heterocycles. The number of hydrogen-bond donors (Lipinski definition) is 0. The Hall–Kier alpha value is -2.34. The molecule has 2 fully saturated rings. The zero-order valence-electron chi connectivity index (χ0n) is 21.7. The summed E-state index contributed by atoms with van der Waals surface area (Å²) in [6.07, 6.45) is 7.91. The first-order chi connectivity index (χ1) is 17.9. The summed E-state index contributed by atoms with van der Waals surface area (Å²) >= 11 is 12.1. The van der Waals surface area contributed by atoms with Gasteiger partial charge in [0.1, 0.15) is 5.82 Å². The van der Waals surface area contributed by atoms with Crippen LogP contribution >= 0.6 is 23.2 Å². The summed E-state index contributed by atoms with van der Waals surface area (Å²) in [6.45, 7) is 9.54. The van der Waals surface area contributed by atoms with Crippen LogP contribution in [-0.2, 0) is 4.79 Å². The molecule has 196 valence electrons. The van der Waals surface area contributed by atoms with E-state index in [-0.39, 0.29) is 5.91 Å². The largest absolute Gasteiger partial charge is 0.339 e. The summed E-state index contributed by atoms with van der Waals surface area (Å²) in [5.74, 6) is 2.50. The van der Waals surface area contributed by atoms with Crippen molar-refractivity contribution in [1.29, 1.82) is 0 Å². The third-order valence-electron chi connectivity index (χ3n) is 7.90. The van der Waals surface area contributed by atoms with Gasteiger partial charge in [-0.1, -0.05) is 41.4 Å². The molecule has 2 saturated heterocycles. The highest BCUT2D eigenvalue weighted by molar-refractivity contribution is 6.42. The smallest absolute Gasteiger partial charge is 0.246 e. The van der Waals surface area contributed by atoms with E-state index < -0.39 is 0 Å². The monoisotopic (exact) mass is 538 g/mol. The Bertz CT molecular complexity index is 1270. The number of benzene rings is 2. The number of rotatable bonds is 6. The SMILES string of the molecule is CC(C)n1c(C2CCN(CC3CCN(C(=O)/C=C/c4ccc(Cl)c(Cl)c4)CC3)CC2)nc2ccccc21. The molecule has 3 aromatic rings. The van der Waals surface area contributed by atoms with Crippen LogP contribution in [0.3, 0.4) is 0 Å². The van der Waals surface area contributed by atoms with Crippen molar-refractivity contribution in [1.82, 2.24) is 19.4 Å². The number of imidazole rings is 1. The van der Waals surface area contributed by atoms with Gasteiger partial charge in [-0.2, -0.15) is 0 Å². The van der Waals surface area contributed by atoms with Gasteiger partial charge in [-0.05, 0) is 94.4 Å². The average Bonchev–Trinajstić information content (AvgIpc) is 3.30. The fraction of sp³-hybridized carbons (Fsp3) is 0.467. The molecule has 37 heavy (non-hydrogen) atoms. The maximum absolute atomic E-state index is 12.7. The van der Waals surface area contributed by atoms with Gasteiger partial charge in [0.15, 0.2) is 0 Å². The van der Waals surface area contributed by atoms with Gasteiger partial charge in [-0.25, -0.2) is 4.98 Å². The molecular weight excluding hydrogens is 503 g/mol. The normalized spacial score (nSPS) is 18.5. The van der Waals surface area contributed by atoms with Gasteiger partial charge in [0.25, 0.3) is 0 Å². The van der Waals surface area contributed by atoms with E-state index in [4.69, 9.17) is 28.2 Å². The number of nitrogens with zero attached hydrogens (tertiary/aromatic N) is 4. The second kappa shape index (κ2) is 11.6. The minimum atomic E-state index is 0.0679. The van der Waals surface area contributed by atoms with Crippen molar-refractivity contribution in [2.75, 3.05) is 32.7 Å². The number of aromatic nitrogens is 2. The maximum Gasteiger partial charge on any atom is 0.246 e. The highest BCUT2D eigenvalue weighted by atomic mass is 35.5. The van der Waals surface area contributed by atoms with Crippen molar-refractivity contribution >= 4 is 46.2 Å². The summed E-state index contributed by atoms with van der Waals surface area (Å²) in [4.78, 5) is 22.3. The summed E-state index contributed by atoms with van der Waals surface area (Å²) < 4.78 is 2.44. The molecule has 0 spiro atoms. The number of carbonyl (C=O) groups excluding carboxylic acids is 1. The van der Waals surface area contributed by atoms with Crippen LogP contribution in [0.25, 0.3) is 17.1 Å². The lowest BCUT2D eigenvalue weighted by Crippen LogP contribution is -2.42. The van der Waals surface area contributed by atoms with Crippen molar-refractivity contribution < 1.29 is 4.79 Å². The van der Waals surface area contributed by atoms with Crippen molar-refractivity contribution in [3.63, 3.8) is 0 Å². The number of piperidine rings is 2. The van der Waals surface area contributed by atoms with Crippen LogP contribution in [-0.4, -0.2) is 58.0 Å². The van der Waals surface area contributed by atoms with Crippen LogP contribution in [0.15, 0.2) is 48.5 Å². The highest BCUT2D eigenvalue weighted by Crippen LogP contribution is 2.33. The second-order valence-electron chi connectivity index (χ2n) is 10.8. The standard InChI is InChI=1S/C30H36Cl2N4O/c1-21(2)36-28-6-4-3-5-27(28)33-30(36)24-13-15-34(16-14-24)20-23-11-17-35(18-12-23)29(37)10-8-22-7-9-25(31)26(32)19-22/h3-10,19,21,23-24H,11-18,20H2,1-2H3/b10-8+. The molecule has 5 nitrogen and oxygen atoms in total. The molecule has 3 heterocycles. The molecule has 7 heteroatoms. The van der Waals surface area contributed by atoms with Crippen LogP contribution in [0.4, 0.5) is 0 Å². The average molecular weight is 540 g/mol. The Morgan fingerprint density at radius 3 is 2.43 bits per heavy atom. The highest BCUT2D eigenvalue weighted by Gasteiger charge is 2.29. The molecule has 1 aromatic heterocycles. The Morgan fingerprint density at radius 1 is 1.00 bits per heavy atom. The number of hydrogen-bond acceptors (Lipinski definition) is 3. The molecule has 2 aliphatic rings. The molecule has 0 atom stereocenters. The zero-order chi connectivity index (χ0) is 25.9. The van der Waals surface area contributed by atoms with Crippen molar-refractivity contribution in [2.24, 2.45) is 5.92 Å². The molecular formula is C30H36Cl2N4O. The van der Waals surface area contributed by atoms with Crippen molar-refractivity contribution in [3.8, 4) is 0 Å². The first kappa shape index (κ1) is 26.3. The fourth-order valence-corrected chi connectivity index (χ4v) is 6.16. The van der Waals surface area contributed by atoms with Crippen molar-refractivity contribution in [3.05, 3.63) is 70.0 Å². The van der Waals surface area contributed by atoms with Gasteiger partial charge in [0, 0.05) is 37.7 Å². The molecule has 0 unspecified atom stereocenters. The molecule has 2 aromatic carbocycles. The summed E-state index contributed by atoms with van der Waals surface area (Å²) in [7, 11) is 0. The predicted molar refractivity (Wildman–Crippen MR) is 153 cm³/mol. The van der Waals surface area contributed by atoms with Gasteiger partial charge in [-0.3, -0.25) is 4.79 Å². The Labute approximate surface area is 230 Å². The molecule has 0 radical (unpaired) electrons. The van der Waals surface area contributed by atoms with Gasteiger partial charge >= 0.3 is 0 Å². The Balaban J connectivity index is 1.10. The molecule has 0 saturated carbocycles. The van der Waals surface area contributed by atoms with Crippen LogP contribution in [0.5, 0.6) is 0 Å². The van der Waals surface area contributed by atoms with Crippen molar-refractivity contribution in [2.45, 2.75) is 51.5 Å². The number of carbonyl (C=O) groups is 1. The van der Waals surface area contributed by atoms with E-state index in [1.54, 1.807) is 18.2 Å². The van der Waals surface area contributed by atoms with Gasteiger partial charge < -0.3 is 14.4 Å². The van der Waals surface area contributed by atoms with Crippen LogP contribution < -0.4 is 0 Å². The number of fused-ring (bicyclic) bond motifs is 1. The summed E-state index contributed by atoms with van der Waals surface area (Å²) in [5.41, 5.74) is 3.25. The molecule has 0 bridgehead atoms. The number of likely N-dealkylation sites (tertiary alicyclic amines) is 2. The minimum absolute atomic E-state index is 0.0679. The van der Waals surface area contributed by atoms with E-state index in [1.807, 2.05) is 17.0 Å². The Morgan fingerprint density at radius 2 is 1.73 bits per heavy atom. The van der Waals surface area contributed by atoms with Crippen LogP contribution in [0.1, 0.15) is 62.9 Å². The van der Waals surface area contributed by atoms with E-state index in [0.29, 0.717) is 27.9 Å². The van der Waals surface area contributed by atoms with Crippen LogP contribution in [0.2, 0.25) is 10.0 Å². The lowest BCUT2D eigenvalue weighted by molar-refractivity contribution is -0.127. The molecule has 0 N–H and O–H groups in total. The van der Waals surface area contributed by atoms with E-state index in [1.165, 1.54) is 11.3 Å². The maximum atomic E-state index is 12.7. The first-order valence-electron chi connectivity index (χ1n) is 13.5. The molecule has 0 aliphatic carbocycles. The molecule has 1 amide bonds. The second-order valence-corrected chi connectivity index (χ2v) is 11.6. The summed E-state index contributed by atoms with van der Waals surface area (Å²) in [6, 6.07) is 14.3. The number of para-hydroxylation sites is 2. The number of halogens is 2. The third kappa shape index (κ3) is 6.05. The van der Waals surface area contributed by atoms with Gasteiger partial charge in [0.2, 0.25) is 5.91 Å². The Kier molecular flexibility index (Phi) is 8.23. The first-order valence-corrected chi connectivity index (χ1v) is 14.3. The van der Waals surface area contributed by atoms with E-state index in [9.17, 15) is 4.79 Å². The van der Waals surface area contributed by atoms with Gasteiger partial charge in [-0.15, -0.1) is 0 Å². The minimum Gasteiger partial charge on any atom is -0.339 e. The molecule has 5 rings (SSSR count). The zero-order valence-corrected chi connectivity index (χ0v) is 23.3. The lowest BCUT2D eigenvalue weighted by atomic mass is 9.92. The lowest BCUT2D eigenvalue weighted by Gasteiger charge is -2.37. The van der Waals surface area contributed by atoms with E-state index in [0.717, 1.165) is 69.5 Å². The third-order valence-corrected chi connectivity index (χ3v) is 8.64. The van der Waals surface area contributed by atoms with E-state index >= 15 is 0 Å². The predicted octanol–water partition coefficient (Wildman–Crippen LogP) is 7.06. The quantitative estimate of drug-likeness (QED) is 0.315. The summed E-state index contributed by atoms with van der Waals surface area (Å²) in [5, 5.41) is 1.02. The van der Waals surface area contributed by atoms with Crippen LogP contribution in [0, 0.1) is 5.92 Å².